The van der Waals surface area contributed by atoms with Crippen LogP contribution in [-0.2, 0) is 4.18 Å². The summed E-state index contributed by atoms with van der Waals surface area (Å²) in [7, 11) is 0. The van der Waals surface area contributed by atoms with Crippen molar-refractivity contribution in [2.45, 2.75) is 0 Å². The van der Waals surface area contributed by atoms with Gasteiger partial charge in [-0.3, -0.25) is 0 Å². The second kappa shape index (κ2) is 7.42. The summed E-state index contributed by atoms with van der Waals surface area (Å²) in [5.41, 5.74) is 0.305. The minimum atomic E-state index is -1.07. The fraction of sp³-hybridized carbons (Fsp3) is 0.111. The summed E-state index contributed by atoms with van der Waals surface area (Å²) < 4.78 is 4.65. The molecular formula is C9H9KO4S. The van der Waals surface area contributed by atoms with Crippen molar-refractivity contribution in [2.75, 3.05) is 6.26 Å². The molecule has 1 N–H and O–H groups in total. The normalized spacial score (nSPS) is 8.87. The Labute approximate surface area is 135 Å². The van der Waals surface area contributed by atoms with Crippen LogP contribution in [0.15, 0.2) is 24.3 Å². The van der Waals surface area contributed by atoms with Crippen LogP contribution in [0, 0.1) is 0 Å². The molecule has 0 aliphatic heterocycles. The molecule has 6 heteroatoms. The molecule has 1 rings (SSSR count). The maximum absolute atomic E-state index is 11.2. The van der Waals surface area contributed by atoms with Crippen LogP contribution in [0.4, 0.5) is 0 Å². The van der Waals surface area contributed by atoms with Gasteiger partial charge in [0, 0.05) is 6.26 Å². The number of carboxylic acids is 1. The summed E-state index contributed by atoms with van der Waals surface area (Å²) in [6, 6.07) is 5.70. The topological polar surface area (TPSA) is 63.6 Å². The Morgan fingerprint density at radius 2 is 2.00 bits per heavy atom. The Bertz CT molecular complexity index is 372. The summed E-state index contributed by atoms with van der Waals surface area (Å²) >= 11 is 0.922. The number of benzene rings is 1. The van der Waals surface area contributed by atoms with Gasteiger partial charge in [0.25, 0.3) is 0 Å². The molecule has 0 aliphatic rings. The van der Waals surface area contributed by atoms with Gasteiger partial charge in [0.05, 0.1) is 23.2 Å². The number of carbonyl (C=O) groups is 2. The van der Waals surface area contributed by atoms with Crippen LogP contribution in [0.5, 0.6) is 0 Å². The van der Waals surface area contributed by atoms with E-state index in [-0.39, 0.29) is 63.9 Å². The fourth-order valence-corrected chi connectivity index (χ4v) is 1.15. The third-order valence-electron chi connectivity index (χ3n) is 1.50. The van der Waals surface area contributed by atoms with Crippen LogP contribution in [0.25, 0.3) is 0 Å². The molecule has 0 aromatic heterocycles. The molecule has 0 saturated carbocycles. The van der Waals surface area contributed by atoms with Gasteiger partial charge in [0.2, 0.25) is 0 Å². The quantitative estimate of drug-likeness (QED) is 0.548. The Morgan fingerprint density at radius 1 is 1.40 bits per heavy atom. The first kappa shape index (κ1) is 15.1. The average molecular weight is 252 g/mol. The van der Waals surface area contributed by atoms with E-state index in [2.05, 4.69) is 4.18 Å². The van der Waals surface area contributed by atoms with Crippen molar-refractivity contribution in [1.82, 2.24) is 0 Å². The van der Waals surface area contributed by atoms with Gasteiger partial charge in [0.1, 0.15) is 0 Å². The molecule has 0 unspecified atom stereocenters. The van der Waals surface area contributed by atoms with E-state index in [0.29, 0.717) is 0 Å². The number of carbonyl (C=O) groups excluding carboxylic acids is 1. The van der Waals surface area contributed by atoms with E-state index in [1.54, 1.807) is 6.26 Å². The summed E-state index contributed by atoms with van der Waals surface area (Å²) in [6.07, 6.45) is 1.61. The van der Waals surface area contributed by atoms with Crippen molar-refractivity contribution in [3.63, 3.8) is 0 Å². The van der Waals surface area contributed by atoms with E-state index in [9.17, 15) is 9.59 Å². The average Bonchev–Trinajstić information content (AvgIpc) is 2.18. The van der Waals surface area contributed by atoms with Crippen molar-refractivity contribution in [2.24, 2.45) is 0 Å². The molecule has 0 radical (unpaired) electrons. The zero-order chi connectivity index (χ0) is 10.6. The molecule has 0 bridgehead atoms. The van der Waals surface area contributed by atoms with Gasteiger partial charge in [-0.25, -0.2) is 9.59 Å². The molecule has 15 heavy (non-hydrogen) atoms. The van der Waals surface area contributed by atoms with Crippen molar-refractivity contribution in [1.29, 1.82) is 0 Å². The molecule has 1 aromatic rings. The number of rotatable bonds is 3. The fourth-order valence-electron chi connectivity index (χ4n) is 0.903. The third kappa shape index (κ3) is 4.67. The van der Waals surface area contributed by atoms with E-state index in [1.165, 1.54) is 24.3 Å². The zero-order valence-electron chi connectivity index (χ0n) is 9.39. The molecule has 0 atom stereocenters. The third-order valence-corrected chi connectivity index (χ3v) is 1.82. The predicted molar refractivity (Wildman–Crippen MR) is 53.4 cm³/mol. The molecule has 4 nitrogen and oxygen atoms in total. The second-order valence-corrected chi connectivity index (χ2v) is 2.92. The zero-order valence-corrected chi connectivity index (χ0v) is 12.3. The van der Waals surface area contributed by atoms with Crippen LogP contribution in [0.3, 0.4) is 0 Å². The summed E-state index contributed by atoms with van der Waals surface area (Å²) in [5, 5.41) is 8.66. The first-order valence-electron chi connectivity index (χ1n) is 3.73. The second-order valence-electron chi connectivity index (χ2n) is 2.42. The molecule has 0 saturated heterocycles. The molecule has 0 aliphatic carbocycles. The van der Waals surface area contributed by atoms with Crippen LogP contribution in [-0.4, -0.2) is 23.3 Å². The minimum Gasteiger partial charge on any atom is -1.00 e. The molecule has 76 valence electrons. The van der Waals surface area contributed by atoms with E-state index < -0.39 is 11.9 Å². The van der Waals surface area contributed by atoms with Gasteiger partial charge in [0.15, 0.2) is 0 Å². The largest absolute Gasteiger partial charge is 1.00 e. The molecule has 0 spiro atoms. The van der Waals surface area contributed by atoms with Gasteiger partial charge in [-0.1, -0.05) is 6.07 Å². The Morgan fingerprint density at radius 3 is 2.53 bits per heavy atom. The summed E-state index contributed by atoms with van der Waals surface area (Å²) in [5.74, 6) is -1.61. The summed E-state index contributed by atoms with van der Waals surface area (Å²) in [6.45, 7) is 0. The maximum Gasteiger partial charge on any atom is 1.00 e. The van der Waals surface area contributed by atoms with Crippen LogP contribution < -0.4 is 51.4 Å². The SMILES string of the molecule is CSOC(=O)c1cccc(C(=O)O)c1.[H-].[K+]. The number of aromatic carboxylic acids is 1. The van der Waals surface area contributed by atoms with E-state index >= 15 is 0 Å². The minimum absolute atomic E-state index is 0. The molecular weight excluding hydrogens is 243 g/mol. The monoisotopic (exact) mass is 252 g/mol. The van der Waals surface area contributed by atoms with Crippen molar-refractivity contribution >= 4 is 24.0 Å². The number of hydrogen-bond acceptors (Lipinski definition) is 4. The maximum atomic E-state index is 11.2. The van der Waals surface area contributed by atoms with Gasteiger partial charge >= 0.3 is 63.3 Å². The van der Waals surface area contributed by atoms with Crippen LogP contribution in [0.2, 0.25) is 0 Å². The number of carboxylic acid groups (broad SMARTS) is 1. The predicted octanol–water partition coefficient (Wildman–Crippen LogP) is -1.06. The Balaban J connectivity index is 0. The smallest absolute Gasteiger partial charge is 1.00 e. The first-order chi connectivity index (χ1) is 6.65. The van der Waals surface area contributed by atoms with Crippen molar-refractivity contribution < 1.29 is 71.7 Å². The van der Waals surface area contributed by atoms with Crippen LogP contribution in [0.1, 0.15) is 22.1 Å². The number of hydrogen-bond donors (Lipinski definition) is 1. The van der Waals surface area contributed by atoms with Crippen molar-refractivity contribution in [3.05, 3.63) is 35.4 Å². The van der Waals surface area contributed by atoms with Crippen molar-refractivity contribution in [3.8, 4) is 0 Å². The van der Waals surface area contributed by atoms with Gasteiger partial charge in [-0.2, -0.15) is 0 Å². The van der Waals surface area contributed by atoms with Gasteiger partial charge in [-0.15, -0.1) is 0 Å². The van der Waals surface area contributed by atoms with E-state index in [1.807, 2.05) is 0 Å². The Kier molecular flexibility index (Phi) is 7.50. The van der Waals surface area contributed by atoms with E-state index in [0.717, 1.165) is 12.0 Å². The van der Waals surface area contributed by atoms with E-state index in [4.69, 9.17) is 5.11 Å². The summed E-state index contributed by atoms with van der Waals surface area (Å²) in [4.78, 5) is 21.8. The van der Waals surface area contributed by atoms with Gasteiger partial charge in [-0.05, 0) is 18.2 Å². The van der Waals surface area contributed by atoms with Gasteiger partial charge < -0.3 is 10.7 Å². The standard InChI is InChI=1S/C9H8O4S.K.H/c1-14-13-9(12)7-4-2-3-6(5-7)8(10)11;;/h2-5H,1H3,(H,10,11);;/q;+1;-1. The molecule has 0 amide bonds. The first-order valence-corrected chi connectivity index (χ1v) is 4.88. The Hall–Kier alpha value is 0.146. The molecule has 0 heterocycles. The molecule has 0 fully saturated rings. The molecule has 1 aromatic carbocycles. The van der Waals surface area contributed by atoms with Crippen LogP contribution >= 0.6 is 12.0 Å².